The molecule has 1 saturated carbocycles. The molecule has 0 aromatic heterocycles. The molecule has 1 aromatic carbocycles. The molecular formula is C11H14ClNS. The molecule has 3 heteroatoms. The molecule has 0 unspecified atom stereocenters. The van der Waals surface area contributed by atoms with E-state index in [1.54, 1.807) is 0 Å². The largest absolute Gasteiger partial charge is 0.329 e. The van der Waals surface area contributed by atoms with Crippen molar-refractivity contribution in [2.75, 3.05) is 6.54 Å². The van der Waals surface area contributed by atoms with E-state index in [1.165, 1.54) is 17.7 Å². The molecule has 76 valence electrons. The molecule has 1 aliphatic carbocycles. The highest BCUT2D eigenvalue weighted by molar-refractivity contribution is 8.01. The van der Waals surface area contributed by atoms with E-state index < -0.39 is 0 Å². The van der Waals surface area contributed by atoms with Crippen LogP contribution in [-0.2, 0) is 0 Å². The maximum Gasteiger partial charge on any atom is 0.0435 e. The van der Waals surface area contributed by atoms with Crippen molar-refractivity contribution in [2.24, 2.45) is 5.73 Å². The molecular weight excluding hydrogens is 214 g/mol. The van der Waals surface area contributed by atoms with Gasteiger partial charge in [-0.25, -0.2) is 0 Å². The summed E-state index contributed by atoms with van der Waals surface area (Å²) in [4.78, 5) is 1.29. The maximum absolute atomic E-state index is 5.97. The van der Waals surface area contributed by atoms with Crippen molar-refractivity contribution in [1.29, 1.82) is 0 Å². The van der Waals surface area contributed by atoms with Crippen LogP contribution in [0.15, 0.2) is 23.1 Å². The second-order valence-electron chi connectivity index (χ2n) is 3.90. The Morgan fingerprint density at radius 3 is 2.71 bits per heavy atom. The third-order valence-electron chi connectivity index (χ3n) is 2.64. The zero-order valence-electron chi connectivity index (χ0n) is 8.22. The van der Waals surface area contributed by atoms with Gasteiger partial charge in [-0.1, -0.05) is 11.6 Å². The number of rotatable bonds is 3. The fourth-order valence-corrected chi connectivity index (χ4v) is 2.80. The van der Waals surface area contributed by atoms with Gasteiger partial charge in [-0.3, -0.25) is 0 Å². The Morgan fingerprint density at radius 1 is 1.50 bits per heavy atom. The topological polar surface area (TPSA) is 26.0 Å². The average Bonchev–Trinajstić information content (AvgIpc) is 2.93. The molecule has 1 nitrogen and oxygen atoms in total. The van der Waals surface area contributed by atoms with Gasteiger partial charge < -0.3 is 5.73 Å². The standard InChI is InChI=1S/C11H14ClNS/c1-8-6-9(2-3-10(8)12)14-11(7-13)4-5-11/h2-3,6H,4-5,7,13H2,1H3. The van der Waals surface area contributed by atoms with Gasteiger partial charge in [0.25, 0.3) is 0 Å². The molecule has 2 rings (SSSR count). The SMILES string of the molecule is Cc1cc(SC2(CN)CC2)ccc1Cl. The smallest absolute Gasteiger partial charge is 0.0435 e. The Kier molecular flexibility index (Phi) is 2.78. The van der Waals surface area contributed by atoms with Crippen LogP contribution in [0.1, 0.15) is 18.4 Å². The van der Waals surface area contributed by atoms with E-state index in [1.807, 2.05) is 24.8 Å². The van der Waals surface area contributed by atoms with E-state index in [-0.39, 0.29) is 0 Å². The van der Waals surface area contributed by atoms with Crippen LogP contribution >= 0.6 is 23.4 Å². The maximum atomic E-state index is 5.97. The molecule has 0 spiro atoms. The van der Waals surface area contributed by atoms with Crippen LogP contribution in [0.25, 0.3) is 0 Å². The number of halogens is 1. The number of nitrogens with two attached hydrogens (primary N) is 1. The summed E-state index contributed by atoms with van der Waals surface area (Å²) in [6, 6.07) is 6.18. The third-order valence-corrected chi connectivity index (χ3v) is 4.57. The molecule has 1 aliphatic rings. The predicted octanol–water partition coefficient (Wildman–Crippen LogP) is 3.23. The monoisotopic (exact) mass is 227 g/mol. The Morgan fingerprint density at radius 2 is 2.21 bits per heavy atom. The molecule has 0 heterocycles. The van der Waals surface area contributed by atoms with Crippen LogP contribution in [0, 0.1) is 6.92 Å². The fourth-order valence-electron chi connectivity index (χ4n) is 1.42. The Balaban J connectivity index is 2.14. The first kappa shape index (κ1) is 10.3. The van der Waals surface area contributed by atoms with Crippen molar-refractivity contribution >= 4 is 23.4 Å². The van der Waals surface area contributed by atoms with Crippen LogP contribution in [0.2, 0.25) is 5.02 Å². The second kappa shape index (κ2) is 3.76. The molecule has 0 saturated heterocycles. The molecule has 0 amide bonds. The van der Waals surface area contributed by atoms with Gasteiger partial charge in [0.2, 0.25) is 0 Å². The van der Waals surface area contributed by atoms with Gasteiger partial charge in [-0.05, 0) is 43.5 Å². The minimum atomic E-state index is 0.334. The van der Waals surface area contributed by atoms with Gasteiger partial charge in [0.15, 0.2) is 0 Å². The van der Waals surface area contributed by atoms with Gasteiger partial charge >= 0.3 is 0 Å². The molecule has 2 N–H and O–H groups in total. The number of aryl methyl sites for hydroxylation is 1. The van der Waals surface area contributed by atoms with Gasteiger partial charge in [0.05, 0.1) is 0 Å². The molecule has 1 fully saturated rings. The first-order valence-electron chi connectivity index (χ1n) is 4.80. The van der Waals surface area contributed by atoms with Gasteiger partial charge in [-0.15, -0.1) is 11.8 Å². The highest BCUT2D eigenvalue weighted by atomic mass is 35.5. The summed E-state index contributed by atoms with van der Waals surface area (Å²) in [5.41, 5.74) is 6.88. The number of hydrogen-bond donors (Lipinski definition) is 1. The van der Waals surface area contributed by atoms with Crippen LogP contribution in [0.4, 0.5) is 0 Å². The lowest BCUT2D eigenvalue weighted by Gasteiger charge is -2.12. The Bertz CT molecular complexity index is 347. The van der Waals surface area contributed by atoms with Crippen molar-refractivity contribution in [3.05, 3.63) is 28.8 Å². The van der Waals surface area contributed by atoms with Crippen molar-refractivity contribution in [1.82, 2.24) is 0 Å². The quantitative estimate of drug-likeness (QED) is 0.858. The summed E-state index contributed by atoms with van der Waals surface area (Å²) in [6.45, 7) is 2.81. The van der Waals surface area contributed by atoms with E-state index in [2.05, 4.69) is 12.1 Å². The summed E-state index contributed by atoms with van der Waals surface area (Å²) in [5.74, 6) is 0. The van der Waals surface area contributed by atoms with E-state index in [0.717, 1.165) is 17.1 Å². The Hall–Kier alpha value is -0.180. The molecule has 0 aliphatic heterocycles. The first-order chi connectivity index (χ1) is 6.65. The van der Waals surface area contributed by atoms with Crippen LogP contribution < -0.4 is 5.73 Å². The van der Waals surface area contributed by atoms with E-state index in [4.69, 9.17) is 17.3 Å². The van der Waals surface area contributed by atoms with Gasteiger partial charge in [-0.2, -0.15) is 0 Å². The van der Waals surface area contributed by atoms with Crippen molar-refractivity contribution in [3.63, 3.8) is 0 Å². The number of benzene rings is 1. The van der Waals surface area contributed by atoms with Gasteiger partial charge in [0, 0.05) is 21.2 Å². The minimum absolute atomic E-state index is 0.334. The normalized spacial score (nSPS) is 18.2. The summed E-state index contributed by atoms with van der Waals surface area (Å²) >= 11 is 7.86. The zero-order chi connectivity index (χ0) is 10.2. The van der Waals surface area contributed by atoms with Crippen LogP contribution in [0.3, 0.4) is 0 Å². The fraction of sp³-hybridized carbons (Fsp3) is 0.455. The summed E-state index contributed by atoms with van der Waals surface area (Å²) < 4.78 is 0.334. The average molecular weight is 228 g/mol. The highest BCUT2D eigenvalue weighted by Gasteiger charge is 2.42. The van der Waals surface area contributed by atoms with Crippen LogP contribution in [0.5, 0.6) is 0 Å². The highest BCUT2D eigenvalue weighted by Crippen LogP contribution is 2.51. The minimum Gasteiger partial charge on any atom is -0.329 e. The predicted molar refractivity (Wildman–Crippen MR) is 63.1 cm³/mol. The van der Waals surface area contributed by atoms with Crippen LogP contribution in [-0.4, -0.2) is 11.3 Å². The van der Waals surface area contributed by atoms with E-state index >= 15 is 0 Å². The van der Waals surface area contributed by atoms with E-state index in [9.17, 15) is 0 Å². The summed E-state index contributed by atoms with van der Waals surface area (Å²) in [7, 11) is 0. The lowest BCUT2D eigenvalue weighted by Crippen LogP contribution is -2.17. The summed E-state index contributed by atoms with van der Waals surface area (Å²) in [5, 5.41) is 0.840. The van der Waals surface area contributed by atoms with Crippen molar-refractivity contribution < 1.29 is 0 Å². The molecule has 0 radical (unpaired) electrons. The molecule has 0 atom stereocenters. The molecule has 1 aromatic rings. The number of hydrogen-bond acceptors (Lipinski definition) is 2. The summed E-state index contributed by atoms with van der Waals surface area (Å²) in [6.07, 6.45) is 2.49. The third kappa shape index (κ3) is 2.08. The first-order valence-corrected chi connectivity index (χ1v) is 6.00. The molecule has 14 heavy (non-hydrogen) atoms. The Labute approximate surface area is 94.0 Å². The lowest BCUT2D eigenvalue weighted by molar-refractivity contribution is 0.899. The van der Waals surface area contributed by atoms with Crippen molar-refractivity contribution in [3.8, 4) is 0 Å². The van der Waals surface area contributed by atoms with Gasteiger partial charge in [0.1, 0.15) is 0 Å². The second-order valence-corrected chi connectivity index (χ2v) is 5.85. The van der Waals surface area contributed by atoms with E-state index in [0.29, 0.717) is 4.75 Å². The lowest BCUT2D eigenvalue weighted by atomic mass is 10.2. The molecule has 0 bridgehead atoms. The van der Waals surface area contributed by atoms with Crippen molar-refractivity contribution in [2.45, 2.75) is 29.4 Å². The zero-order valence-corrected chi connectivity index (χ0v) is 9.79. The number of thioether (sulfide) groups is 1.